The smallest absolute Gasteiger partial charge is 0.214 e. The number of sulfonamides is 1. The number of primary sulfonamides is 1. The summed E-state index contributed by atoms with van der Waals surface area (Å²) >= 11 is 0. The van der Waals surface area contributed by atoms with Gasteiger partial charge in [0.05, 0.1) is 0 Å². The van der Waals surface area contributed by atoms with Gasteiger partial charge in [-0.15, -0.1) is 0 Å². The van der Waals surface area contributed by atoms with E-state index in [2.05, 4.69) is 18.7 Å². The summed E-state index contributed by atoms with van der Waals surface area (Å²) in [5.74, 6) is 0. The van der Waals surface area contributed by atoms with Gasteiger partial charge in [-0.1, -0.05) is 13.8 Å². The van der Waals surface area contributed by atoms with Crippen LogP contribution in [0.1, 0.15) is 26.7 Å². The van der Waals surface area contributed by atoms with Crippen molar-refractivity contribution in [2.24, 2.45) is 10.6 Å². The fourth-order valence-corrected chi connectivity index (χ4v) is 3.25. The van der Waals surface area contributed by atoms with Crippen molar-refractivity contribution < 1.29 is 8.42 Å². The van der Waals surface area contributed by atoms with Gasteiger partial charge in [-0.05, 0) is 18.3 Å². The zero-order valence-electron chi connectivity index (χ0n) is 8.73. The zero-order chi connectivity index (χ0) is 10.6. The van der Waals surface area contributed by atoms with E-state index in [-0.39, 0.29) is 5.25 Å². The summed E-state index contributed by atoms with van der Waals surface area (Å²) in [6.07, 6.45) is 2.37. The van der Waals surface area contributed by atoms with Crippen molar-refractivity contribution >= 4 is 10.0 Å². The second-order valence-corrected chi connectivity index (χ2v) is 7.24. The highest BCUT2D eigenvalue weighted by Gasteiger charge is 2.46. The fraction of sp³-hybridized carbons (Fsp3) is 1.00. The molecule has 1 aliphatic carbocycles. The Labute approximate surface area is 85.5 Å². The molecule has 0 bridgehead atoms. The molecular weight excluding hydrogens is 200 g/mol. The van der Waals surface area contributed by atoms with Gasteiger partial charge in [-0.25, -0.2) is 13.6 Å². The summed E-state index contributed by atoms with van der Waals surface area (Å²) in [5, 5.41) is 4.75. The number of hydrogen-bond donors (Lipinski definition) is 1. The first-order valence-electron chi connectivity index (χ1n) is 5.04. The highest BCUT2D eigenvalue weighted by atomic mass is 32.2. The SMILES string of the molecule is CC1(C)CC(N2CC(S(N)(=O)=O)C2)C1. The van der Waals surface area contributed by atoms with Crippen LogP contribution in [0.25, 0.3) is 0 Å². The van der Waals surface area contributed by atoms with Gasteiger partial charge >= 0.3 is 0 Å². The summed E-state index contributed by atoms with van der Waals surface area (Å²) < 4.78 is 21.9. The molecule has 0 aromatic heterocycles. The van der Waals surface area contributed by atoms with Gasteiger partial charge in [-0.2, -0.15) is 0 Å². The third-order valence-corrected chi connectivity index (χ3v) is 4.66. The van der Waals surface area contributed by atoms with E-state index in [9.17, 15) is 8.42 Å². The van der Waals surface area contributed by atoms with Crippen LogP contribution in [0.2, 0.25) is 0 Å². The van der Waals surface area contributed by atoms with E-state index in [1.807, 2.05) is 0 Å². The third-order valence-electron chi connectivity index (χ3n) is 3.43. The lowest BCUT2D eigenvalue weighted by Gasteiger charge is -2.53. The maximum atomic E-state index is 11.0. The molecule has 0 aromatic rings. The molecule has 0 amide bonds. The molecule has 2 rings (SSSR count). The molecule has 1 saturated heterocycles. The standard InChI is InChI=1S/C9H18N2O2S/c1-9(2)3-7(4-9)11-5-8(6-11)14(10,12)13/h7-8H,3-6H2,1-2H3,(H2,10,12,13). The number of nitrogens with two attached hydrogens (primary N) is 1. The Bertz CT molecular complexity index is 323. The van der Waals surface area contributed by atoms with Crippen LogP contribution in [0.15, 0.2) is 0 Å². The van der Waals surface area contributed by atoms with Crippen LogP contribution in [-0.4, -0.2) is 37.7 Å². The lowest BCUT2D eigenvalue weighted by atomic mass is 9.67. The summed E-state index contributed by atoms with van der Waals surface area (Å²) in [4.78, 5) is 2.24. The fourth-order valence-electron chi connectivity index (χ4n) is 2.45. The maximum absolute atomic E-state index is 11.0. The molecule has 0 aromatic carbocycles. The number of nitrogens with zero attached hydrogens (tertiary/aromatic N) is 1. The summed E-state index contributed by atoms with van der Waals surface area (Å²) in [6.45, 7) is 5.78. The lowest BCUT2D eigenvalue weighted by Crippen LogP contribution is -2.63. The molecule has 0 unspecified atom stereocenters. The van der Waals surface area contributed by atoms with Crippen LogP contribution in [0, 0.1) is 5.41 Å². The predicted molar refractivity (Wildman–Crippen MR) is 55.3 cm³/mol. The van der Waals surface area contributed by atoms with Crippen molar-refractivity contribution in [3.05, 3.63) is 0 Å². The van der Waals surface area contributed by atoms with E-state index in [1.54, 1.807) is 0 Å². The van der Waals surface area contributed by atoms with Gasteiger partial charge in [0.1, 0.15) is 5.25 Å². The third kappa shape index (κ3) is 1.81. The van der Waals surface area contributed by atoms with Gasteiger partial charge in [-0.3, -0.25) is 4.90 Å². The zero-order valence-corrected chi connectivity index (χ0v) is 9.55. The topological polar surface area (TPSA) is 63.4 Å². The Balaban J connectivity index is 1.80. The number of likely N-dealkylation sites (tertiary alicyclic amines) is 1. The molecule has 0 spiro atoms. The molecular formula is C9H18N2O2S. The van der Waals surface area contributed by atoms with E-state index in [4.69, 9.17) is 5.14 Å². The first-order valence-corrected chi connectivity index (χ1v) is 6.64. The first kappa shape index (κ1) is 10.4. The van der Waals surface area contributed by atoms with Crippen LogP contribution < -0.4 is 5.14 Å². The van der Waals surface area contributed by atoms with Crippen LogP contribution in [0.4, 0.5) is 0 Å². The van der Waals surface area contributed by atoms with Crippen molar-refractivity contribution in [3.63, 3.8) is 0 Å². The molecule has 2 aliphatic rings. The normalized spacial score (nSPS) is 29.6. The number of hydrogen-bond acceptors (Lipinski definition) is 3. The van der Waals surface area contributed by atoms with E-state index >= 15 is 0 Å². The molecule has 5 heteroatoms. The van der Waals surface area contributed by atoms with Crippen LogP contribution >= 0.6 is 0 Å². The van der Waals surface area contributed by atoms with Gasteiger partial charge in [0.2, 0.25) is 10.0 Å². The van der Waals surface area contributed by atoms with Crippen molar-refractivity contribution in [2.45, 2.75) is 38.0 Å². The Morgan fingerprint density at radius 2 is 1.79 bits per heavy atom. The molecule has 2 fully saturated rings. The van der Waals surface area contributed by atoms with Gasteiger partial charge in [0.15, 0.2) is 0 Å². The largest absolute Gasteiger partial charge is 0.298 e. The average Bonchev–Trinajstić information content (AvgIpc) is 1.74. The minimum atomic E-state index is -3.29. The lowest BCUT2D eigenvalue weighted by molar-refractivity contribution is -0.00646. The first-order chi connectivity index (χ1) is 6.28. The highest BCUT2D eigenvalue weighted by molar-refractivity contribution is 7.89. The Kier molecular flexibility index (Phi) is 2.18. The Morgan fingerprint density at radius 1 is 1.29 bits per heavy atom. The predicted octanol–water partition coefficient (Wildman–Crippen LogP) is 0.148. The van der Waals surface area contributed by atoms with Crippen molar-refractivity contribution in [1.29, 1.82) is 0 Å². The maximum Gasteiger partial charge on any atom is 0.214 e. The molecule has 1 saturated carbocycles. The van der Waals surface area contributed by atoms with Crippen LogP contribution in [0.5, 0.6) is 0 Å². The molecule has 0 atom stereocenters. The van der Waals surface area contributed by atoms with E-state index < -0.39 is 10.0 Å². The van der Waals surface area contributed by atoms with E-state index in [0.29, 0.717) is 24.5 Å². The van der Waals surface area contributed by atoms with Gasteiger partial charge in [0, 0.05) is 19.1 Å². The monoisotopic (exact) mass is 218 g/mol. The molecule has 4 nitrogen and oxygen atoms in total. The average molecular weight is 218 g/mol. The molecule has 82 valence electrons. The molecule has 0 radical (unpaired) electrons. The van der Waals surface area contributed by atoms with E-state index in [1.165, 1.54) is 12.8 Å². The number of rotatable bonds is 2. The van der Waals surface area contributed by atoms with E-state index in [0.717, 1.165) is 0 Å². The molecule has 14 heavy (non-hydrogen) atoms. The van der Waals surface area contributed by atoms with Crippen LogP contribution in [0.3, 0.4) is 0 Å². The molecule has 2 N–H and O–H groups in total. The minimum absolute atomic E-state index is 0.314. The Hall–Kier alpha value is -0.130. The van der Waals surface area contributed by atoms with Gasteiger partial charge < -0.3 is 0 Å². The molecule has 1 heterocycles. The van der Waals surface area contributed by atoms with Gasteiger partial charge in [0.25, 0.3) is 0 Å². The van der Waals surface area contributed by atoms with Crippen LogP contribution in [-0.2, 0) is 10.0 Å². The highest BCUT2D eigenvalue weighted by Crippen LogP contribution is 2.44. The van der Waals surface area contributed by atoms with Crippen molar-refractivity contribution in [1.82, 2.24) is 4.90 Å². The second-order valence-electron chi connectivity index (χ2n) is 5.39. The van der Waals surface area contributed by atoms with Crippen molar-refractivity contribution in [2.75, 3.05) is 13.1 Å². The van der Waals surface area contributed by atoms with Crippen molar-refractivity contribution in [3.8, 4) is 0 Å². The summed E-state index contributed by atoms with van der Waals surface area (Å²) in [6, 6.07) is 0.600. The molecule has 1 aliphatic heterocycles. The summed E-state index contributed by atoms with van der Waals surface area (Å²) in [7, 11) is -3.29. The minimum Gasteiger partial charge on any atom is -0.298 e. The second kappa shape index (κ2) is 2.93. The summed E-state index contributed by atoms with van der Waals surface area (Å²) in [5.41, 5.74) is 0.456. The Morgan fingerprint density at radius 3 is 2.14 bits per heavy atom. The quantitative estimate of drug-likeness (QED) is 0.717.